The van der Waals surface area contributed by atoms with E-state index in [9.17, 15) is 13.2 Å². The third-order valence-corrected chi connectivity index (χ3v) is 5.66. The predicted molar refractivity (Wildman–Crippen MR) is 94.1 cm³/mol. The molecule has 134 valence electrons. The first-order chi connectivity index (χ1) is 11.2. The van der Waals surface area contributed by atoms with E-state index in [1.807, 2.05) is 6.92 Å². The number of methoxy groups -OCH3 is 1. The van der Waals surface area contributed by atoms with E-state index in [1.54, 1.807) is 24.1 Å². The lowest BCUT2D eigenvalue weighted by atomic mass is 10.1. The fourth-order valence-corrected chi connectivity index (χ4v) is 4.14. The van der Waals surface area contributed by atoms with Crippen molar-refractivity contribution in [1.82, 2.24) is 9.21 Å². The number of hydrogen-bond donors (Lipinski definition) is 0. The van der Waals surface area contributed by atoms with E-state index in [2.05, 4.69) is 0 Å². The van der Waals surface area contributed by atoms with Crippen LogP contribution in [0.2, 0.25) is 5.02 Å². The Morgan fingerprint density at radius 3 is 2.58 bits per heavy atom. The molecule has 1 fully saturated rings. The molecule has 6 nitrogen and oxygen atoms in total. The van der Waals surface area contributed by atoms with Gasteiger partial charge in [-0.25, -0.2) is 12.7 Å². The summed E-state index contributed by atoms with van der Waals surface area (Å²) in [7, 11) is -1.65. The Hall–Kier alpha value is -1.31. The van der Waals surface area contributed by atoms with E-state index in [4.69, 9.17) is 16.3 Å². The second-order valence-corrected chi connectivity index (χ2v) is 8.41. The molecule has 0 aliphatic carbocycles. The Balaban J connectivity index is 2.11. The van der Waals surface area contributed by atoms with Gasteiger partial charge in [-0.2, -0.15) is 0 Å². The van der Waals surface area contributed by atoms with Gasteiger partial charge in [0.1, 0.15) is 5.75 Å². The molecule has 0 radical (unpaired) electrons. The minimum Gasteiger partial charge on any atom is -0.496 e. The molecule has 0 atom stereocenters. The SMILES string of the molecule is COc1c(C)cc(Cl)cc1CC(=O)N1CCCN(S(C)(=O)=O)CC1. The van der Waals surface area contributed by atoms with Gasteiger partial charge in [0.25, 0.3) is 0 Å². The molecule has 0 spiro atoms. The van der Waals surface area contributed by atoms with Crippen molar-refractivity contribution in [2.24, 2.45) is 0 Å². The molecular formula is C16H23ClN2O4S. The van der Waals surface area contributed by atoms with Gasteiger partial charge >= 0.3 is 0 Å². The van der Waals surface area contributed by atoms with E-state index < -0.39 is 10.0 Å². The van der Waals surface area contributed by atoms with E-state index in [0.29, 0.717) is 43.4 Å². The molecule has 1 saturated heterocycles. The van der Waals surface area contributed by atoms with E-state index in [-0.39, 0.29) is 12.3 Å². The number of halogens is 1. The summed E-state index contributed by atoms with van der Waals surface area (Å²) in [5.74, 6) is 0.616. The van der Waals surface area contributed by atoms with Crippen LogP contribution in [-0.2, 0) is 21.2 Å². The maximum Gasteiger partial charge on any atom is 0.227 e. The Bertz CT molecular complexity index is 721. The first-order valence-electron chi connectivity index (χ1n) is 7.78. The molecule has 8 heteroatoms. The molecule has 24 heavy (non-hydrogen) atoms. The first kappa shape index (κ1) is 19.0. The Morgan fingerprint density at radius 2 is 1.96 bits per heavy atom. The molecule has 0 N–H and O–H groups in total. The number of rotatable bonds is 4. The minimum absolute atomic E-state index is 0.0506. The van der Waals surface area contributed by atoms with Crippen molar-refractivity contribution in [2.45, 2.75) is 19.8 Å². The predicted octanol–water partition coefficient (Wildman–Crippen LogP) is 1.69. The van der Waals surface area contributed by atoms with E-state index in [1.165, 1.54) is 10.6 Å². The van der Waals surface area contributed by atoms with Crippen molar-refractivity contribution in [3.8, 4) is 5.75 Å². The molecule has 2 rings (SSSR count). The smallest absolute Gasteiger partial charge is 0.227 e. The number of hydrogen-bond acceptors (Lipinski definition) is 4. The number of sulfonamides is 1. The van der Waals surface area contributed by atoms with Crippen molar-refractivity contribution in [3.05, 3.63) is 28.3 Å². The fraction of sp³-hybridized carbons (Fsp3) is 0.562. The van der Waals surface area contributed by atoms with Gasteiger partial charge in [0, 0.05) is 36.8 Å². The lowest BCUT2D eigenvalue weighted by molar-refractivity contribution is -0.130. The molecular weight excluding hydrogens is 352 g/mol. The van der Waals surface area contributed by atoms with Crippen molar-refractivity contribution in [2.75, 3.05) is 39.5 Å². The summed E-state index contributed by atoms with van der Waals surface area (Å²) in [5.41, 5.74) is 1.63. The normalized spacial score (nSPS) is 16.8. The van der Waals surface area contributed by atoms with E-state index >= 15 is 0 Å². The van der Waals surface area contributed by atoms with Crippen LogP contribution >= 0.6 is 11.6 Å². The third-order valence-electron chi connectivity index (χ3n) is 4.14. The Labute approximate surface area is 148 Å². The molecule has 1 amide bonds. The summed E-state index contributed by atoms with van der Waals surface area (Å²) in [5, 5.41) is 0.565. The zero-order valence-electron chi connectivity index (χ0n) is 14.2. The average Bonchev–Trinajstić information content (AvgIpc) is 2.72. The van der Waals surface area contributed by atoms with Gasteiger partial charge in [-0.05, 0) is 31.0 Å². The molecule has 1 aliphatic heterocycles. The number of aryl methyl sites for hydroxylation is 1. The molecule has 1 heterocycles. The van der Waals surface area contributed by atoms with Crippen LogP contribution < -0.4 is 4.74 Å². The number of carbonyl (C=O) groups excluding carboxylic acids is 1. The van der Waals surface area contributed by atoms with Crippen LogP contribution in [0, 0.1) is 6.92 Å². The number of benzene rings is 1. The topological polar surface area (TPSA) is 66.9 Å². The van der Waals surface area contributed by atoms with E-state index in [0.717, 1.165) is 11.1 Å². The van der Waals surface area contributed by atoms with Crippen molar-refractivity contribution < 1.29 is 17.9 Å². The largest absolute Gasteiger partial charge is 0.496 e. The second-order valence-electron chi connectivity index (χ2n) is 5.99. The highest BCUT2D eigenvalue weighted by Crippen LogP contribution is 2.28. The number of nitrogens with zero attached hydrogens (tertiary/aromatic N) is 2. The lowest BCUT2D eigenvalue weighted by Gasteiger charge is -2.22. The highest BCUT2D eigenvalue weighted by Gasteiger charge is 2.24. The monoisotopic (exact) mass is 374 g/mol. The molecule has 0 unspecified atom stereocenters. The molecule has 1 aliphatic rings. The standard InChI is InChI=1S/C16H23ClN2O4S/c1-12-9-14(17)10-13(16(12)23-2)11-15(20)18-5-4-6-19(8-7-18)24(3,21)22/h9-10H,4-8,11H2,1-3H3. The van der Waals surface area contributed by atoms with Crippen LogP contribution in [0.25, 0.3) is 0 Å². The number of carbonyl (C=O) groups is 1. The first-order valence-corrected chi connectivity index (χ1v) is 10.0. The fourth-order valence-electron chi connectivity index (χ4n) is 2.97. The maximum absolute atomic E-state index is 12.6. The molecule has 0 saturated carbocycles. The highest BCUT2D eigenvalue weighted by molar-refractivity contribution is 7.88. The summed E-state index contributed by atoms with van der Waals surface area (Å²) in [6.45, 7) is 3.60. The second kappa shape index (κ2) is 7.72. The van der Waals surface area contributed by atoms with Gasteiger partial charge in [-0.1, -0.05) is 11.6 Å². The summed E-state index contributed by atoms with van der Waals surface area (Å²) in [6.07, 6.45) is 2.01. The summed E-state index contributed by atoms with van der Waals surface area (Å²) >= 11 is 6.09. The van der Waals surface area contributed by atoms with Gasteiger partial charge in [-0.15, -0.1) is 0 Å². The maximum atomic E-state index is 12.6. The van der Waals surface area contributed by atoms with Crippen LogP contribution in [0.5, 0.6) is 5.75 Å². The van der Waals surface area contributed by atoms with Gasteiger partial charge in [0.05, 0.1) is 19.8 Å². The van der Waals surface area contributed by atoms with Crippen LogP contribution in [-0.4, -0.2) is 63.1 Å². The molecule has 0 aromatic heterocycles. The Kier molecular flexibility index (Phi) is 6.11. The van der Waals surface area contributed by atoms with Crippen molar-refractivity contribution >= 4 is 27.5 Å². The van der Waals surface area contributed by atoms with Crippen LogP contribution in [0.3, 0.4) is 0 Å². The highest BCUT2D eigenvalue weighted by atomic mass is 35.5. The quantitative estimate of drug-likeness (QED) is 0.804. The van der Waals surface area contributed by atoms with Gasteiger partial charge in [0.2, 0.25) is 15.9 Å². The van der Waals surface area contributed by atoms with Crippen molar-refractivity contribution in [1.29, 1.82) is 0 Å². The van der Waals surface area contributed by atoms with Gasteiger partial charge < -0.3 is 9.64 Å². The minimum atomic E-state index is -3.22. The van der Waals surface area contributed by atoms with Gasteiger partial charge in [0.15, 0.2) is 0 Å². The molecule has 1 aromatic rings. The third kappa shape index (κ3) is 4.62. The number of amides is 1. The van der Waals surface area contributed by atoms with Crippen molar-refractivity contribution in [3.63, 3.8) is 0 Å². The molecule has 1 aromatic carbocycles. The number of ether oxygens (including phenoxy) is 1. The summed E-state index contributed by atoms with van der Waals surface area (Å²) < 4.78 is 30.1. The average molecular weight is 375 g/mol. The lowest BCUT2D eigenvalue weighted by Crippen LogP contribution is -2.37. The van der Waals surface area contributed by atoms with Gasteiger partial charge in [-0.3, -0.25) is 4.79 Å². The molecule has 0 bridgehead atoms. The van der Waals surface area contributed by atoms with Crippen LogP contribution in [0.4, 0.5) is 0 Å². The zero-order valence-corrected chi connectivity index (χ0v) is 15.8. The van der Waals surface area contributed by atoms with Crippen LogP contribution in [0.15, 0.2) is 12.1 Å². The van der Waals surface area contributed by atoms with Crippen LogP contribution in [0.1, 0.15) is 17.5 Å². The zero-order chi connectivity index (χ0) is 17.9. The summed E-state index contributed by atoms with van der Waals surface area (Å²) in [4.78, 5) is 14.3. The summed E-state index contributed by atoms with van der Waals surface area (Å²) in [6, 6.07) is 3.54. The Morgan fingerprint density at radius 1 is 1.25 bits per heavy atom.